The standard InChI is InChI=1S/C10H8ClF3N2O3S/c11-20(18,19)6-3-9(17)16(5-6)8-4-15-2-1-7(8)10(12,13)14/h1-2,4,6H,3,5H2. The van der Waals surface area contributed by atoms with Crippen molar-refractivity contribution in [1.29, 1.82) is 0 Å². The van der Waals surface area contributed by atoms with E-state index in [2.05, 4.69) is 4.98 Å². The molecule has 0 radical (unpaired) electrons. The molecular formula is C10H8ClF3N2O3S. The summed E-state index contributed by atoms with van der Waals surface area (Å²) >= 11 is 0. The fourth-order valence-electron chi connectivity index (χ4n) is 1.94. The first-order chi connectivity index (χ1) is 9.10. The summed E-state index contributed by atoms with van der Waals surface area (Å²) in [5, 5.41) is -1.22. The third kappa shape index (κ3) is 2.88. The molecule has 0 aromatic carbocycles. The van der Waals surface area contributed by atoms with Crippen molar-refractivity contribution in [3.05, 3.63) is 24.0 Å². The molecule has 0 spiro atoms. The highest BCUT2D eigenvalue weighted by molar-refractivity contribution is 8.14. The maximum absolute atomic E-state index is 12.8. The molecule has 1 fully saturated rings. The van der Waals surface area contributed by atoms with Gasteiger partial charge in [-0.2, -0.15) is 13.2 Å². The molecule has 2 heterocycles. The third-order valence-electron chi connectivity index (χ3n) is 2.88. The lowest BCUT2D eigenvalue weighted by Gasteiger charge is -2.20. The minimum absolute atomic E-state index is 0.417. The summed E-state index contributed by atoms with van der Waals surface area (Å²) in [6.45, 7) is -0.417. The van der Waals surface area contributed by atoms with Crippen LogP contribution >= 0.6 is 10.7 Å². The molecule has 1 saturated heterocycles. The van der Waals surface area contributed by atoms with Crippen LogP contribution in [0.3, 0.4) is 0 Å². The minimum atomic E-state index is -4.67. The van der Waals surface area contributed by atoms with Gasteiger partial charge >= 0.3 is 6.18 Å². The Morgan fingerprint density at radius 3 is 2.55 bits per heavy atom. The predicted molar refractivity (Wildman–Crippen MR) is 64.8 cm³/mol. The number of nitrogens with zero attached hydrogens (tertiary/aromatic N) is 2. The van der Waals surface area contributed by atoms with E-state index in [-0.39, 0.29) is 0 Å². The van der Waals surface area contributed by atoms with E-state index in [0.717, 1.165) is 23.4 Å². The van der Waals surface area contributed by atoms with Crippen LogP contribution in [0.5, 0.6) is 0 Å². The molecule has 1 amide bonds. The number of hydrogen-bond acceptors (Lipinski definition) is 4. The fraction of sp³-hybridized carbons (Fsp3) is 0.400. The fourth-order valence-corrected chi connectivity index (χ4v) is 2.96. The van der Waals surface area contributed by atoms with Gasteiger partial charge in [-0.25, -0.2) is 8.42 Å². The molecule has 10 heteroatoms. The van der Waals surface area contributed by atoms with Gasteiger partial charge in [0.15, 0.2) is 0 Å². The quantitative estimate of drug-likeness (QED) is 0.776. The van der Waals surface area contributed by atoms with Gasteiger partial charge in [0.2, 0.25) is 15.0 Å². The van der Waals surface area contributed by atoms with Gasteiger partial charge < -0.3 is 4.90 Å². The average molecular weight is 329 g/mol. The zero-order valence-electron chi connectivity index (χ0n) is 9.76. The lowest BCUT2D eigenvalue weighted by Crippen LogP contribution is -2.29. The summed E-state index contributed by atoms with van der Waals surface area (Å²) in [4.78, 5) is 16.0. The number of hydrogen-bond donors (Lipinski definition) is 0. The Balaban J connectivity index is 2.41. The molecule has 0 N–H and O–H groups in total. The smallest absolute Gasteiger partial charge is 0.309 e. The molecule has 1 aliphatic rings. The molecule has 1 aromatic heterocycles. The number of carbonyl (C=O) groups is 1. The van der Waals surface area contributed by atoms with Gasteiger partial charge in [0.05, 0.1) is 17.4 Å². The van der Waals surface area contributed by atoms with E-state index < -0.39 is 50.6 Å². The maximum Gasteiger partial charge on any atom is 0.418 e. The summed E-state index contributed by atoms with van der Waals surface area (Å²) in [6.07, 6.45) is -3.29. The Morgan fingerprint density at radius 1 is 1.40 bits per heavy atom. The van der Waals surface area contributed by atoms with Crippen LogP contribution in [-0.2, 0) is 20.0 Å². The van der Waals surface area contributed by atoms with Crippen molar-refractivity contribution in [3.8, 4) is 0 Å². The van der Waals surface area contributed by atoms with Crippen LogP contribution in [0.2, 0.25) is 0 Å². The number of pyridine rings is 1. The normalized spacial score (nSPS) is 20.5. The van der Waals surface area contributed by atoms with Crippen LogP contribution in [0.1, 0.15) is 12.0 Å². The maximum atomic E-state index is 12.8. The van der Waals surface area contributed by atoms with E-state index in [0.29, 0.717) is 0 Å². The highest BCUT2D eigenvalue weighted by atomic mass is 35.7. The molecule has 0 aliphatic carbocycles. The second kappa shape index (κ2) is 4.88. The lowest BCUT2D eigenvalue weighted by molar-refractivity contribution is -0.137. The second-order valence-electron chi connectivity index (χ2n) is 4.20. The van der Waals surface area contributed by atoms with Crippen molar-refractivity contribution in [2.75, 3.05) is 11.4 Å². The van der Waals surface area contributed by atoms with Crippen LogP contribution in [0, 0.1) is 0 Å². The summed E-state index contributed by atoms with van der Waals surface area (Å²) in [6, 6.07) is 0.727. The van der Waals surface area contributed by atoms with Crippen LogP contribution < -0.4 is 4.90 Å². The topological polar surface area (TPSA) is 67.3 Å². The Morgan fingerprint density at radius 2 is 2.05 bits per heavy atom. The number of halogens is 4. The monoisotopic (exact) mass is 328 g/mol. The van der Waals surface area contributed by atoms with Gasteiger partial charge in [-0.15, -0.1) is 0 Å². The van der Waals surface area contributed by atoms with Crippen molar-refractivity contribution >= 4 is 31.3 Å². The van der Waals surface area contributed by atoms with Gasteiger partial charge in [-0.05, 0) is 6.07 Å². The minimum Gasteiger partial charge on any atom is -0.309 e. The van der Waals surface area contributed by atoms with E-state index in [1.807, 2.05) is 0 Å². The Bertz CT molecular complexity index is 647. The van der Waals surface area contributed by atoms with E-state index in [4.69, 9.17) is 10.7 Å². The van der Waals surface area contributed by atoms with E-state index in [1.54, 1.807) is 0 Å². The third-order valence-corrected chi connectivity index (χ3v) is 4.75. The van der Waals surface area contributed by atoms with Gasteiger partial charge in [-0.3, -0.25) is 9.78 Å². The Kier molecular flexibility index (Phi) is 3.67. The number of carbonyl (C=O) groups excluding carboxylic acids is 1. The van der Waals surface area contributed by atoms with Crippen molar-refractivity contribution in [1.82, 2.24) is 4.98 Å². The Labute approximate surface area is 116 Å². The summed E-state index contributed by atoms with van der Waals surface area (Å²) in [7, 11) is 1.13. The number of amides is 1. The van der Waals surface area contributed by atoms with E-state index in [1.165, 1.54) is 0 Å². The highest BCUT2D eigenvalue weighted by Gasteiger charge is 2.42. The van der Waals surface area contributed by atoms with Crippen LogP contribution in [0.25, 0.3) is 0 Å². The van der Waals surface area contributed by atoms with Crippen LogP contribution in [0.4, 0.5) is 18.9 Å². The number of alkyl halides is 3. The van der Waals surface area contributed by atoms with Gasteiger partial charge in [0.1, 0.15) is 5.25 Å². The van der Waals surface area contributed by atoms with Gasteiger partial charge in [0, 0.05) is 29.8 Å². The molecule has 2 rings (SSSR count). The summed E-state index contributed by atoms with van der Waals surface area (Å²) in [5.74, 6) is -0.738. The zero-order chi connectivity index (χ0) is 15.1. The first kappa shape index (κ1) is 15.0. The SMILES string of the molecule is O=C1CC(S(=O)(=O)Cl)CN1c1cnccc1C(F)(F)F. The number of rotatable bonds is 2. The molecule has 110 valence electrons. The number of anilines is 1. The summed E-state index contributed by atoms with van der Waals surface area (Å²) in [5.41, 5.74) is -1.51. The second-order valence-corrected chi connectivity index (χ2v) is 7.10. The molecule has 1 atom stereocenters. The first-order valence-electron chi connectivity index (χ1n) is 5.35. The van der Waals surface area contributed by atoms with Crippen LogP contribution in [-0.4, -0.2) is 31.1 Å². The van der Waals surface area contributed by atoms with E-state index in [9.17, 15) is 26.4 Å². The van der Waals surface area contributed by atoms with Gasteiger partial charge in [-0.1, -0.05) is 0 Å². The molecule has 5 nitrogen and oxygen atoms in total. The predicted octanol–water partition coefficient (Wildman–Crippen LogP) is 1.77. The average Bonchev–Trinajstić information content (AvgIpc) is 2.70. The lowest BCUT2D eigenvalue weighted by atomic mass is 10.2. The van der Waals surface area contributed by atoms with E-state index >= 15 is 0 Å². The first-order valence-corrected chi connectivity index (χ1v) is 7.73. The van der Waals surface area contributed by atoms with Crippen molar-refractivity contribution in [3.63, 3.8) is 0 Å². The van der Waals surface area contributed by atoms with Crippen molar-refractivity contribution in [2.24, 2.45) is 0 Å². The molecular weight excluding hydrogens is 321 g/mol. The Hall–Kier alpha value is -1.35. The molecule has 20 heavy (non-hydrogen) atoms. The van der Waals surface area contributed by atoms with Crippen molar-refractivity contribution < 1.29 is 26.4 Å². The van der Waals surface area contributed by atoms with Crippen molar-refractivity contribution in [2.45, 2.75) is 17.8 Å². The summed E-state index contributed by atoms with van der Waals surface area (Å²) < 4.78 is 60.9. The molecule has 0 saturated carbocycles. The van der Waals surface area contributed by atoms with Gasteiger partial charge in [0.25, 0.3) is 0 Å². The zero-order valence-corrected chi connectivity index (χ0v) is 11.3. The molecule has 1 aromatic rings. The molecule has 1 unspecified atom stereocenters. The number of aromatic nitrogens is 1. The molecule has 0 bridgehead atoms. The highest BCUT2D eigenvalue weighted by Crippen LogP contribution is 2.38. The largest absolute Gasteiger partial charge is 0.418 e. The van der Waals surface area contributed by atoms with Crippen LogP contribution in [0.15, 0.2) is 18.5 Å². The molecule has 1 aliphatic heterocycles.